The summed E-state index contributed by atoms with van der Waals surface area (Å²) in [6, 6.07) is -0.172. The number of ether oxygens (including phenoxy) is 1. The first-order chi connectivity index (χ1) is 12.8. The van der Waals surface area contributed by atoms with Crippen molar-refractivity contribution in [1.29, 1.82) is 0 Å². The molecule has 28 heavy (non-hydrogen) atoms. The van der Waals surface area contributed by atoms with Crippen LogP contribution >= 0.6 is 0 Å². The largest absolute Gasteiger partial charge is 0.449 e. The Morgan fingerprint density at radius 2 is 1.82 bits per heavy atom. The molecule has 0 spiro atoms. The maximum absolute atomic E-state index is 13.6. The minimum Gasteiger partial charge on any atom is -0.449 e. The summed E-state index contributed by atoms with van der Waals surface area (Å²) in [5.41, 5.74) is 0. The highest BCUT2D eigenvalue weighted by Crippen LogP contribution is 2.38. The van der Waals surface area contributed by atoms with Crippen LogP contribution in [0.1, 0.15) is 79.6 Å². The maximum Gasteiger partial charge on any atom is 0.410 e. The van der Waals surface area contributed by atoms with Gasteiger partial charge in [-0.2, -0.15) is 0 Å². The van der Waals surface area contributed by atoms with Crippen molar-refractivity contribution < 1.29 is 22.7 Å². The number of alkyl halides is 2. The molecule has 0 radical (unpaired) electrons. The monoisotopic (exact) mass is 421 g/mol. The Kier molecular flexibility index (Phi) is 9.39. The molecule has 0 aromatic carbocycles. The van der Waals surface area contributed by atoms with Crippen molar-refractivity contribution in [3.05, 3.63) is 0 Å². The molecule has 0 aromatic rings. The van der Waals surface area contributed by atoms with Crippen LogP contribution in [-0.4, -0.2) is 50.5 Å². The lowest BCUT2D eigenvalue weighted by Crippen LogP contribution is -2.47. The van der Waals surface area contributed by atoms with E-state index < -0.39 is 14.2 Å². The molecule has 166 valence electrons. The van der Waals surface area contributed by atoms with Gasteiger partial charge in [-0.1, -0.05) is 34.1 Å². The lowest BCUT2D eigenvalue weighted by molar-refractivity contribution is -0.0535. The molecule has 1 aliphatic carbocycles. The van der Waals surface area contributed by atoms with E-state index in [0.29, 0.717) is 32.4 Å². The quantitative estimate of drug-likeness (QED) is 0.311. The van der Waals surface area contributed by atoms with Gasteiger partial charge >= 0.3 is 6.09 Å². The van der Waals surface area contributed by atoms with Gasteiger partial charge in [0.2, 0.25) is 5.92 Å². The van der Waals surface area contributed by atoms with Crippen molar-refractivity contribution in [3.63, 3.8) is 0 Å². The fourth-order valence-corrected chi connectivity index (χ4v) is 4.68. The second-order valence-electron chi connectivity index (χ2n) is 9.73. The molecule has 1 atom stereocenters. The number of hydrogen-bond acceptors (Lipinski definition) is 3. The Balaban J connectivity index is 2.70. The van der Waals surface area contributed by atoms with Gasteiger partial charge in [0.25, 0.3) is 0 Å². The lowest BCUT2D eigenvalue weighted by atomic mass is 9.91. The van der Waals surface area contributed by atoms with Gasteiger partial charge < -0.3 is 14.1 Å². The summed E-state index contributed by atoms with van der Waals surface area (Å²) in [5.74, 6) is -2.60. The third kappa shape index (κ3) is 7.97. The molecule has 7 heteroatoms. The molecule has 4 nitrogen and oxygen atoms in total. The standard InChI is InChI=1S/C21H41F2NO3Si/c1-8-9-16-26-19(25)24(18-10-13-21(22,23)14-11-18)15-12-17(2)27-28(6,7)20(3,4)5/h17-18H,8-16H2,1-7H3/t17-/m1/s1. The fourth-order valence-electron chi connectivity index (χ4n) is 3.21. The number of rotatable bonds is 9. The van der Waals surface area contributed by atoms with Gasteiger partial charge in [-0.25, -0.2) is 13.6 Å². The maximum atomic E-state index is 13.6. The van der Waals surface area contributed by atoms with Crippen LogP contribution in [0.15, 0.2) is 0 Å². The molecule has 0 N–H and O–H groups in total. The van der Waals surface area contributed by atoms with E-state index in [1.807, 2.05) is 13.8 Å². The molecular formula is C21H41F2NO3Si. The minimum atomic E-state index is -2.60. The van der Waals surface area contributed by atoms with Crippen LogP contribution in [0.3, 0.4) is 0 Å². The molecule has 0 aromatic heterocycles. The van der Waals surface area contributed by atoms with E-state index in [0.717, 1.165) is 12.8 Å². The number of carbonyl (C=O) groups excluding carboxylic acids is 1. The predicted octanol–water partition coefficient (Wildman–Crippen LogP) is 6.60. The van der Waals surface area contributed by atoms with Crippen molar-refractivity contribution in [2.75, 3.05) is 13.2 Å². The molecule has 0 saturated heterocycles. The summed E-state index contributed by atoms with van der Waals surface area (Å²) in [7, 11) is -1.89. The SMILES string of the molecule is CCCCOC(=O)N(CC[C@@H](C)O[Si](C)(C)C(C)(C)C)C1CCC(F)(F)CC1. The number of nitrogens with zero attached hydrogens (tertiary/aromatic N) is 1. The zero-order valence-electron chi connectivity index (χ0n) is 18.9. The van der Waals surface area contributed by atoms with Crippen LogP contribution < -0.4 is 0 Å². The molecule has 1 fully saturated rings. The first-order valence-corrected chi connectivity index (χ1v) is 13.7. The predicted molar refractivity (Wildman–Crippen MR) is 113 cm³/mol. The molecule has 0 unspecified atom stereocenters. The average Bonchev–Trinajstić information content (AvgIpc) is 2.55. The van der Waals surface area contributed by atoms with Crippen LogP contribution in [0.5, 0.6) is 0 Å². The van der Waals surface area contributed by atoms with Crippen LogP contribution in [0.4, 0.5) is 13.6 Å². The lowest BCUT2D eigenvalue weighted by Gasteiger charge is -2.40. The highest BCUT2D eigenvalue weighted by Gasteiger charge is 2.40. The van der Waals surface area contributed by atoms with E-state index in [9.17, 15) is 13.6 Å². The number of amides is 1. The topological polar surface area (TPSA) is 38.8 Å². The van der Waals surface area contributed by atoms with Crippen LogP contribution in [-0.2, 0) is 9.16 Å². The first kappa shape index (κ1) is 25.3. The van der Waals surface area contributed by atoms with Gasteiger partial charge in [0.1, 0.15) is 0 Å². The second kappa shape index (κ2) is 10.4. The van der Waals surface area contributed by atoms with Gasteiger partial charge in [0.15, 0.2) is 8.32 Å². The Hall–Kier alpha value is -0.693. The van der Waals surface area contributed by atoms with E-state index in [-0.39, 0.29) is 36.1 Å². The Morgan fingerprint density at radius 1 is 1.25 bits per heavy atom. The zero-order chi connectivity index (χ0) is 21.6. The molecule has 0 heterocycles. The first-order valence-electron chi connectivity index (χ1n) is 10.8. The van der Waals surface area contributed by atoms with E-state index >= 15 is 0 Å². The van der Waals surface area contributed by atoms with Crippen molar-refractivity contribution in [3.8, 4) is 0 Å². The van der Waals surface area contributed by atoms with Crippen LogP contribution in [0.2, 0.25) is 18.1 Å². The molecule has 0 bridgehead atoms. The number of carbonyl (C=O) groups is 1. The Labute approximate surface area is 171 Å². The number of hydrogen-bond donors (Lipinski definition) is 0. The molecule has 1 aliphatic rings. The van der Waals surface area contributed by atoms with E-state index in [1.54, 1.807) is 4.90 Å². The third-order valence-electron chi connectivity index (χ3n) is 6.16. The Morgan fingerprint density at radius 3 is 2.32 bits per heavy atom. The van der Waals surface area contributed by atoms with Gasteiger partial charge in [0, 0.05) is 31.5 Å². The average molecular weight is 422 g/mol. The van der Waals surface area contributed by atoms with Crippen LogP contribution in [0.25, 0.3) is 0 Å². The van der Waals surface area contributed by atoms with E-state index in [1.165, 1.54) is 0 Å². The molecule has 1 rings (SSSR count). The molecule has 0 aliphatic heterocycles. The highest BCUT2D eigenvalue weighted by molar-refractivity contribution is 6.74. The minimum absolute atomic E-state index is 0.0110. The van der Waals surface area contributed by atoms with Crippen molar-refractivity contribution in [2.45, 2.75) is 116 Å². The summed E-state index contributed by atoms with van der Waals surface area (Å²) in [4.78, 5) is 14.3. The summed E-state index contributed by atoms with van der Waals surface area (Å²) in [6.45, 7) is 16.0. The highest BCUT2D eigenvalue weighted by atomic mass is 28.4. The van der Waals surface area contributed by atoms with Crippen molar-refractivity contribution >= 4 is 14.4 Å². The zero-order valence-corrected chi connectivity index (χ0v) is 19.9. The van der Waals surface area contributed by atoms with Crippen LogP contribution in [0, 0.1) is 0 Å². The number of halogens is 2. The molecule has 1 saturated carbocycles. The third-order valence-corrected chi connectivity index (χ3v) is 10.8. The van der Waals surface area contributed by atoms with E-state index in [4.69, 9.17) is 9.16 Å². The van der Waals surface area contributed by atoms with Gasteiger partial charge in [-0.3, -0.25) is 0 Å². The van der Waals surface area contributed by atoms with Gasteiger partial charge in [0.05, 0.1) is 6.61 Å². The Bertz CT molecular complexity index is 485. The van der Waals surface area contributed by atoms with Crippen molar-refractivity contribution in [2.24, 2.45) is 0 Å². The molecular weight excluding hydrogens is 380 g/mol. The van der Waals surface area contributed by atoms with Crippen molar-refractivity contribution in [1.82, 2.24) is 4.90 Å². The normalized spacial score (nSPS) is 19.3. The summed E-state index contributed by atoms with van der Waals surface area (Å²) in [6.07, 6.45) is 2.41. The number of unbranched alkanes of at least 4 members (excludes halogenated alkanes) is 1. The fraction of sp³-hybridized carbons (Fsp3) is 0.952. The smallest absolute Gasteiger partial charge is 0.410 e. The van der Waals surface area contributed by atoms with Gasteiger partial charge in [-0.05, 0) is 50.7 Å². The summed E-state index contributed by atoms with van der Waals surface area (Å²) in [5, 5.41) is 0.120. The second-order valence-corrected chi connectivity index (χ2v) is 14.5. The van der Waals surface area contributed by atoms with E-state index in [2.05, 4.69) is 33.9 Å². The van der Waals surface area contributed by atoms with Gasteiger partial charge in [-0.15, -0.1) is 0 Å². The summed E-state index contributed by atoms with van der Waals surface area (Å²) < 4.78 is 38.9. The molecule has 1 amide bonds. The summed E-state index contributed by atoms with van der Waals surface area (Å²) >= 11 is 0.